The van der Waals surface area contributed by atoms with E-state index in [2.05, 4.69) is 38.6 Å². The van der Waals surface area contributed by atoms with Crippen LogP contribution in [0.4, 0.5) is 0 Å². The van der Waals surface area contributed by atoms with Crippen LogP contribution in [0, 0.1) is 0 Å². The van der Waals surface area contributed by atoms with Crippen LogP contribution in [0.25, 0.3) is 0 Å². The normalized spacial score (nSPS) is 13.1. The topological polar surface area (TPSA) is 3.24 Å². The molecule has 0 saturated carbocycles. The molecule has 0 rings (SSSR count). The maximum Gasteiger partial charge on any atom is 0.0269 e. The van der Waals surface area contributed by atoms with Crippen molar-refractivity contribution in [2.75, 3.05) is 14.1 Å². The molecule has 0 saturated heterocycles. The molecule has 90 valence electrons. The molecular formula is C14H29N. The van der Waals surface area contributed by atoms with E-state index < -0.39 is 0 Å². The van der Waals surface area contributed by atoms with Crippen molar-refractivity contribution in [1.82, 2.24) is 4.90 Å². The van der Waals surface area contributed by atoms with E-state index in [0.29, 0.717) is 6.04 Å². The van der Waals surface area contributed by atoms with Crippen molar-refractivity contribution in [2.24, 2.45) is 0 Å². The summed E-state index contributed by atoms with van der Waals surface area (Å²) in [6, 6.07) is 0.570. The third-order valence-corrected chi connectivity index (χ3v) is 3.04. The maximum absolute atomic E-state index is 3.88. The highest BCUT2D eigenvalue weighted by atomic mass is 15.1. The molecule has 0 amide bonds. The molecule has 0 bridgehead atoms. The van der Waals surface area contributed by atoms with Crippen LogP contribution in [0.3, 0.4) is 0 Å². The fourth-order valence-electron chi connectivity index (χ4n) is 1.90. The molecule has 0 aliphatic heterocycles. The van der Waals surface area contributed by atoms with Crippen molar-refractivity contribution in [1.29, 1.82) is 0 Å². The summed E-state index contributed by atoms with van der Waals surface area (Å²) in [5.41, 5.74) is 0. The Morgan fingerprint density at radius 1 is 1.00 bits per heavy atom. The van der Waals surface area contributed by atoms with Crippen LogP contribution in [0.2, 0.25) is 0 Å². The molecule has 0 N–H and O–H groups in total. The summed E-state index contributed by atoms with van der Waals surface area (Å²) in [6.45, 7) is 6.15. The summed E-state index contributed by atoms with van der Waals surface area (Å²) in [4.78, 5) is 2.25. The van der Waals surface area contributed by atoms with Crippen molar-refractivity contribution in [3.63, 3.8) is 0 Å². The van der Waals surface area contributed by atoms with E-state index in [1.54, 1.807) is 0 Å². The summed E-state index contributed by atoms with van der Waals surface area (Å²) in [7, 11) is 4.27. The molecule has 0 radical (unpaired) electrons. The van der Waals surface area contributed by atoms with E-state index in [1.165, 1.54) is 51.4 Å². The summed E-state index contributed by atoms with van der Waals surface area (Å²) >= 11 is 0. The van der Waals surface area contributed by atoms with Gasteiger partial charge in [-0.1, -0.05) is 57.9 Å². The van der Waals surface area contributed by atoms with Gasteiger partial charge in [0.1, 0.15) is 0 Å². The first-order chi connectivity index (χ1) is 7.22. The molecule has 0 spiro atoms. The Kier molecular flexibility index (Phi) is 10.0. The Labute approximate surface area is 96.6 Å². The smallest absolute Gasteiger partial charge is 0.0269 e. The third-order valence-electron chi connectivity index (χ3n) is 3.04. The monoisotopic (exact) mass is 211 g/mol. The fraction of sp³-hybridized carbons (Fsp3) is 0.857. The zero-order valence-corrected chi connectivity index (χ0v) is 11.0. The predicted molar refractivity (Wildman–Crippen MR) is 70.3 cm³/mol. The quantitative estimate of drug-likeness (QED) is 0.386. The Morgan fingerprint density at radius 3 is 2.00 bits per heavy atom. The number of rotatable bonds is 10. The summed E-state index contributed by atoms with van der Waals surface area (Å²) < 4.78 is 0. The number of nitrogens with zero attached hydrogens (tertiary/aromatic N) is 1. The van der Waals surface area contributed by atoms with Crippen LogP contribution < -0.4 is 0 Å². The largest absolute Gasteiger partial charge is 0.303 e. The molecule has 0 aliphatic carbocycles. The van der Waals surface area contributed by atoms with Gasteiger partial charge in [-0.2, -0.15) is 0 Å². The number of hydrogen-bond acceptors (Lipinski definition) is 1. The van der Waals surface area contributed by atoms with Crippen molar-refractivity contribution in [3.05, 3.63) is 12.7 Å². The lowest BCUT2D eigenvalue weighted by molar-refractivity contribution is 0.319. The summed E-state index contributed by atoms with van der Waals surface area (Å²) in [5.74, 6) is 0. The Hall–Kier alpha value is -0.300. The molecule has 15 heavy (non-hydrogen) atoms. The highest BCUT2D eigenvalue weighted by Crippen LogP contribution is 2.11. The molecule has 1 nitrogen and oxygen atoms in total. The molecule has 0 heterocycles. The molecule has 0 aliphatic rings. The van der Waals surface area contributed by atoms with Crippen molar-refractivity contribution in [3.8, 4) is 0 Å². The van der Waals surface area contributed by atoms with Gasteiger partial charge in [0.2, 0.25) is 0 Å². The SMILES string of the molecule is C=CC(CCCCCCCCC)N(C)C. The van der Waals surface area contributed by atoms with Crippen LogP contribution in [-0.4, -0.2) is 25.0 Å². The lowest BCUT2D eigenvalue weighted by atomic mass is 10.0. The second-order valence-electron chi connectivity index (χ2n) is 4.68. The van der Waals surface area contributed by atoms with Gasteiger partial charge in [0.05, 0.1) is 0 Å². The molecular weight excluding hydrogens is 182 g/mol. The zero-order chi connectivity index (χ0) is 11.5. The summed E-state index contributed by atoms with van der Waals surface area (Å²) in [6.07, 6.45) is 13.1. The molecule has 0 aromatic carbocycles. The van der Waals surface area contributed by atoms with Crippen LogP contribution in [-0.2, 0) is 0 Å². The lowest BCUT2D eigenvalue weighted by Gasteiger charge is -2.20. The van der Waals surface area contributed by atoms with E-state index in [-0.39, 0.29) is 0 Å². The van der Waals surface area contributed by atoms with Gasteiger partial charge in [-0.15, -0.1) is 6.58 Å². The van der Waals surface area contributed by atoms with Crippen LogP contribution in [0.1, 0.15) is 58.3 Å². The van der Waals surface area contributed by atoms with Gasteiger partial charge in [-0.25, -0.2) is 0 Å². The zero-order valence-electron chi connectivity index (χ0n) is 11.0. The van der Waals surface area contributed by atoms with Crippen molar-refractivity contribution >= 4 is 0 Å². The van der Waals surface area contributed by atoms with Gasteiger partial charge in [-0.05, 0) is 20.5 Å². The van der Waals surface area contributed by atoms with Crippen LogP contribution in [0.5, 0.6) is 0 Å². The lowest BCUT2D eigenvalue weighted by Crippen LogP contribution is -2.25. The van der Waals surface area contributed by atoms with Gasteiger partial charge >= 0.3 is 0 Å². The van der Waals surface area contributed by atoms with Crippen LogP contribution in [0.15, 0.2) is 12.7 Å². The molecule has 1 heteroatoms. The Balaban J connectivity index is 3.25. The van der Waals surface area contributed by atoms with Gasteiger partial charge < -0.3 is 4.90 Å². The average molecular weight is 211 g/mol. The minimum Gasteiger partial charge on any atom is -0.303 e. The molecule has 1 unspecified atom stereocenters. The van der Waals surface area contributed by atoms with E-state index >= 15 is 0 Å². The minimum atomic E-state index is 0.570. The van der Waals surface area contributed by atoms with E-state index in [1.807, 2.05) is 0 Å². The number of hydrogen-bond donors (Lipinski definition) is 0. The van der Waals surface area contributed by atoms with Gasteiger partial charge in [-0.3, -0.25) is 0 Å². The predicted octanol–water partition coefficient (Wildman–Crippen LogP) is 4.24. The summed E-state index contributed by atoms with van der Waals surface area (Å²) in [5, 5.41) is 0. The molecule has 0 aromatic rings. The Morgan fingerprint density at radius 2 is 1.53 bits per heavy atom. The molecule has 1 atom stereocenters. The minimum absolute atomic E-state index is 0.570. The van der Waals surface area contributed by atoms with E-state index in [9.17, 15) is 0 Å². The molecule has 0 aromatic heterocycles. The third kappa shape index (κ3) is 8.68. The first kappa shape index (κ1) is 14.7. The van der Waals surface area contributed by atoms with Crippen molar-refractivity contribution in [2.45, 2.75) is 64.3 Å². The average Bonchev–Trinajstić information content (AvgIpc) is 2.21. The van der Waals surface area contributed by atoms with E-state index in [4.69, 9.17) is 0 Å². The fourth-order valence-corrected chi connectivity index (χ4v) is 1.90. The first-order valence-electron chi connectivity index (χ1n) is 6.51. The van der Waals surface area contributed by atoms with Crippen molar-refractivity contribution < 1.29 is 0 Å². The maximum atomic E-state index is 3.88. The van der Waals surface area contributed by atoms with Gasteiger partial charge in [0, 0.05) is 6.04 Å². The molecule has 0 fully saturated rings. The highest BCUT2D eigenvalue weighted by Gasteiger charge is 2.05. The number of likely N-dealkylation sites (N-methyl/N-ethyl adjacent to an activating group) is 1. The van der Waals surface area contributed by atoms with Gasteiger partial charge in [0.15, 0.2) is 0 Å². The Bertz CT molecular complexity index is 140. The second kappa shape index (κ2) is 10.2. The van der Waals surface area contributed by atoms with Crippen LogP contribution >= 0.6 is 0 Å². The van der Waals surface area contributed by atoms with Gasteiger partial charge in [0.25, 0.3) is 0 Å². The van der Waals surface area contributed by atoms with E-state index in [0.717, 1.165) is 0 Å². The highest BCUT2D eigenvalue weighted by molar-refractivity contribution is 4.84. The first-order valence-corrected chi connectivity index (χ1v) is 6.51. The standard InChI is InChI=1S/C14H29N/c1-5-7-8-9-10-11-12-13-14(6-2)15(3)4/h6,14H,2,5,7-13H2,1,3-4H3. The second-order valence-corrected chi connectivity index (χ2v) is 4.68. The number of unbranched alkanes of at least 4 members (excludes halogenated alkanes) is 6.